The lowest BCUT2D eigenvalue weighted by Gasteiger charge is -2.30. The molecule has 0 spiro atoms. The fourth-order valence-corrected chi connectivity index (χ4v) is 2.29. The summed E-state index contributed by atoms with van der Waals surface area (Å²) in [5.41, 5.74) is 0. The monoisotopic (exact) mass is 250 g/mol. The van der Waals surface area contributed by atoms with Crippen molar-refractivity contribution < 1.29 is 18.7 Å². The Hall–Kier alpha value is -0.0600. The van der Waals surface area contributed by atoms with Gasteiger partial charge in [-0.15, -0.1) is 4.89 Å². The van der Waals surface area contributed by atoms with E-state index < -0.39 is 8.25 Å². The molecule has 2 atom stereocenters. The second-order valence-corrected chi connectivity index (χ2v) is 4.63. The molecule has 0 aromatic rings. The molecule has 1 N–H and O–H groups in total. The lowest BCUT2D eigenvalue weighted by Crippen LogP contribution is -2.44. The highest BCUT2D eigenvalue weighted by atomic mass is 31.1. The topological polar surface area (TPSA) is 59.0 Å². The molecule has 1 aliphatic rings. The summed E-state index contributed by atoms with van der Waals surface area (Å²) in [6, 6.07) is 0. The van der Waals surface area contributed by atoms with E-state index in [0.29, 0.717) is 13.2 Å². The first-order valence-electron chi connectivity index (χ1n) is 5.88. The van der Waals surface area contributed by atoms with E-state index in [1.54, 1.807) is 0 Å². The standard InChI is InChI=1S/C10H20NO4P/c1-2-3-4-5-10(15-16(12)13)11-6-8-14-9-7-11/h10H,2-9H2,1H3/p+1. The van der Waals surface area contributed by atoms with E-state index in [9.17, 15) is 4.57 Å². The Morgan fingerprint density at radius 2 is 2.12 bits per heavy atom. The first-order valence-corrected chi connectivity index (χ1v) is 7.01. The molecular weight excluding hydrogens is 229 g/mol. The van der Waals surface area contributed by atoms with Crippen molar-refractivity contribution in [3.63, 3.8) is 0 Å². The lowest BCUT2D eigenvalue weighted by molar-refractivity contribution is -0.0503. The summed E-state index contributed by atoms with van der Waals surface area (Å²) in [7, 11) is -2.52. The number of nitrogens with zero attached hydrogens (tertiary/aromatic N) is 1. The van der Waals surface area contributed by atoms with Crippen LogP contribution in [-0.4, -0.2) is 42.3 Å². The van der Waals surface area contributed by atoms with Gasteiger partial charge in [0.25, 0.3) is 0 Å². The van der Waals surface area contributed by atoms with Crippen LogP contribution < -0.4 is 0 Å². The van der Waals surface area contributed by atoms with Gasteiger partial charge in [-0.3, -0.25) is 4.90 Å². The fraction of sp³-hybridized carbons (Fsp3) is 1.00. The van der Waals surface area contributed by atoms with Crippen LogP contribution in [0.3, 0.4) is 0 Å². The normalized spacial score (nSPS) is 20.8. The number of ether oxygens (including phenoxy) is 1. The van der Waals surface area contributed by atoms with Gasteiger partial charge in [-0.05, 0) is 12.8 Å². The van der Waals surface area contributed by atoms with Crippen LogP contribution in [0.2, 0.25) is 0 Å². The lowest BCUT2D eigenvalue weighted by atomic mass is 10.2. The average Bonchev–Trinajstić information content (AvgIpc) is 2.29. The van der Waals surface area contributed by atoms with Gasteiger partial charge in [0.05, 0.1) is 13.2 Å². The quantitative estimate of drug-likeness (QED) is 0.552. The Balaban J connectivity index is 2.37. The van der Waals surface area contributed by atoms with E-state index in [-0.39, 0.29) is 6.23 Å². The summed E-state index contributed by atoms with van der Waals surface area (Å²) in [5.74, 6) is 0. The minimum atomic E-state index is -2.52. The van der Waals surface area contributed by atoms with E-state index in [2.05, 4.69) is 11.8 Å². The SMILES string of the molecule is CCCCCC(O[P+](=O)O)N1CCOCC1. The summed E-state index contributed by atoms with van der Waals surface area (Å²) >= 11 is 0. The Labute approximate surface area is 97.7 Å². The maximum absolute atomic E-state index is 10.8. The van der Waals surface area contributed by atoms with Crippen LogP contribution in [0, 0.1) is 0 Å². The van der Waals surface area contributed by atoms with Crippen molar-refractivity contribution in [2.75, 3.05) is 26.3 Å². The van der Waals surface area contributed by atoms with Crippen molar-refractivity contribution >= 4 is 8.25 Å². The first-order chi connectivity index (χ1) is 7.74. The van der Waals surface area contributed by atoms with Crippen molar-refractivity contribution in [2.24, 2.45) is 0 Å². The van der Waals surface area contributed by atoms with Crippen LogP contribution in [0.5, 0.6) is 0 Å². The molecule has 0 aliphatic carbocycles. The predicted molar refractivity (Wildman–Crippen MR) is 61.2 cm³/mol. The number of rotatable bonds is 7. The largest absolute Gasteiger partial charge is 0.696 e. The number of hydrogen-bond acceptors (Lipinski definition) is 4. The molecule has 1 rings (SSSR count). The zero-order chi connectivity index (χ0) is 11.8. The van der Waals surface area contributed by atoms with Crippen molar-refractivity contribution in [1.82, 2.24) is 4.90 Å². The molecule has 5 nitrogen and oxygen atoms in total. The minimum absolute atomic E-state index is 0.232. The van der Waals surface area contributed by atoms with Gasteiger partial charge in [-0.25, -0.2) is 0 Å². The van der Waals surface area contributed by atoms with Crippen molar-refractivity contribution in [1.29, 1.82) is 0 Å². The third-order valence-corrected chi connectivity index (χ3v) is 3.14. The summed E-state index contributed by atoms with van der Waals surface area (Å²) in [6.45, 7) is 5.04. The van der Waals surface area contributed by atoms with Crippen LogP contribution in [0.1, 0.15) is 32.6 Å². The van der Waals surface area contributed by atoms with Gasteiger partial charge in [-0.2, -0.15) is 0 Å². The molecule has 16 heavy (non-hydrogen) atoms. The van der Waals surface area contributed by atoms with Gasteiger partial charge in [0.2, 0.25) is 0 Å². The van der Waals surface area contributed by atoms with E-state index in [4.69, 9.17) is 14.2 Å². The van der Waals surface area contributed by atoms with Gasteiger partial charge in [0.15, 0.2) is 6.23 Å². The zero-order valence-corrected chi connectivity index (χ0v) is 10.7. The minimum Gasteiger partial charge on any atom is -0.379 e. The Morgan fingerprint density at radius 3 is 2.69 bits per heavy atom. The van der Waals surface area contributed by atoms with Crippen LogP contribution in [0.4, 0.5) is 0 Å². The van der Waals surface area contributed by atoms with E-state index >= 15 is 0 Å². The molecule has 1 saturated heterocycles. The predicted octanol–water partition coefficient (Wildman–Crippen LogP) is 1.89. The van der Waals surface area contributed by atoms with Crippen LogP contribution in [-0.2, 0) is 13.8 Å². The number of unbranched alkanes of at least 4 members (excludes halogenated alkanes) is 2. The molecule has 1 heterocycles. The average molecular weight is 250 g/mol. The molecule has 0 saturated carbocycles. The number of morpholine rings is 1. The molecule has 6 heteroatoms. The Bertz CT molecular complexity index is 209. The number of hydrogen-bond donors (Lipinski definition) is 1. The molecule has 1 fully saturated rings. The second kappa shape index (κ2) is 8.09. The molecule has 0 aromatic carbocycles. The smallest absolute Gasteiger partial charge is 0.379 e. The molecule has 94 valence electrons. The van der Waals surface area contributed by atoms with Gasteiger partial charge in [0, 0.05) is 17.7 Å². The second-order valence-electron chi connectivity index (χ2n) is 3.94. The molecule has 0 amide bonds. The van der Waals surface area contributed by atoms with E-state index in [1.165, 1.54) is 0 Å². The maximum Gasteiger partial charge on any atom is 0.696 e. The van der Waals surface area contributed by atoms with Crippen molar-refractivity contribution in [2.45, 2.75) is 38.8 Å². The third kappa shape index (κ3) is 5.32. The molecule has 0 bridgehead atoms. The van der Waals surface area contributed by atoms with Gasteiger partial charge in [0.1, 0.15) is 0 Å². The van der Waals surface area contributed by atoms with Crippen LogP contribution >= 0.6 is 8.25 Å². The molecule has 0 radical (unpaired) electrons. The highest BCUT2D eigenvalue weighted by molar-refractivity contribution is 7.32. The molecule has 1 aliphatic heterocycles. The summed E-state index contributed by atoms with van der Waals surface area (Å²) < 4.78 is 21.1. The Morgan fingerprint density at radius 1 is 1.44 bits per heavy atom. The van der Waals surface area contributed by atoms with Crippen molar-refractivity contribution in [3.05, 3.63) is 0 Å². The summed E-state index contributed by atoms with van der Waals surface area (Å²) in [5, 5.41) is 0. The van der Waals surface area contributed by atoms with Crippen molar-refractivity contribution in [3.8, 4) is 0 Å². The van der Waals surface area contributed by atoms with Crippen LogP contribution in [0.25, 0.3) is 0 Å². The van der Waals surface area contributed by atoms with Gasteiger partial charge >= 0.3 is 8.25 Å². The maximum atomic E-state index is 10.8. The van der Waals surface area contributed by atoms with E-state index in [1.807, 2.05) is 0 Å². The van der Waals surface area contributed by atoms with Gasteiger partial charge < -0.3 is 4.74 Å². The molecule has 0 aromatic heterocycles. The summed E-state index contributed by atoms with van der Waals surface area (Å²) in [4.78, 5) is 10.9. The summed E-state index contributed by atoms with van der Waals surface area (Å²) in [6.07, 6.45) is 3.88. The van der Waals surface area contributed by atoms with Gasteiger partial charge in [-0.1, -0.05) is 24.3 Å². The fourth-order valence-electron chi connectivity index (χ4n) is 1.84. The highest BCUT2D eigenvalue weighted by Gasteiger charge is 2.29. The Kier molecular flexibility index (Phi) is 7.08. The molecule has 2 unspecified atom stereocenters. The molecular formula is C10H21NO4P+. The zero-order valence-electron chi connectivity index (χ0n) is 9.80. The van der Waals surface area contributed by atoms with Crippen LogP contribution in [0.15, 0.2) is 0 Å². The first kappa shape index (κ1) is 14.0. The third-order valence-electron chi connectivity index (χ3n) is 2.72. The highest BCUT2D eigenvalue weighted by Crippen LogP contribution is 2.24. The van der Waals surface area contributed by atoms with E-state index in [0.717, 1.165) is 38.8 Å².